The van der Waals surface area contributed by atoms with Crippen LogP contribution >= 0.6 is 0 Å². The first-order chi connectivity index (χ1) is 27.2. The smallest absolute Gasteiger partial charge is 0.497 e. The van der Waals surface area contributed by atoms with Gasteiger partial charge in [-0.3, -0.25) is 0 Å². The van der Waals surface area contributed by atoms with Crippen LogP contribution in [0.4, 0.5) is 0 Å². The summed E-state index contributed by atoms with van der Waals surface area (Å²) in [6.45, 7) is 4.59. The van der Waals surface area contributed by atoms with Crippen molar-refractivity contribution in [1.29, 1.82) is 0 Å². The number of ether oxygens (including phenoxy) is 6. The van der Waals surface area contributed by atoms with Crippen LogP contribution in [-0.4, -0.2) is 87.6 Å². The monoisotopic (exact) mass is 775 g/mol. The molecule has 0 aromatic heterocycles. The van der Waals surface area contributed by atoms with Crippen molar-refractivity contribution in [1.82, 2.24) is 0 Å². The van der Waals surface area contributed by atoms with Gasteiger partial charge < -0.3 is 32.9 Å². The van der Waals surface area contributed by atoms with Crippen LogP contribution in [-0.2, 0) is 0 Å². The van der Waals surface area contributed by atoms with Gasteiger partial charge >= 0.3 is 18.9 Å². The summed E-state index contributed by atoms with van der Waals surface area (Å²) in [5.41, 5.74) is 7.51. The Morgan fingerprint density at radius 1 is 0.276 bits per heavy atom. The van der Waals surface area contributed by atoms with Crippen LogP contribution in [0.25, 0.3) is 0 Å². The van der Waals surface area contributed by atoms with E-state index >= 15 is 0 Å². The van der Waals surface area contributed by atoms with Gasteiger partial charge in [0.25, 0.3) is 0 Å². The van der Waals surface area contributed by atoms with Crippen LogP contribution in [0.1, 0.15) is 0 Å². The summed E-state index contributed by atoms with van der Waals surface area (Å²) < 4.78 is 33.0. The molecule has 7 nitrogen and oxygen atoms in total. The molecule has 6 aromatic rings. The van der Waals surface area contributed by atoms with E-state index in [-0.39, 0.29) is 18.9 Å². The summed E-state index contributed by atoms with van der Waals surface area (Å²) >= 11 is 0. The summed E-state index contributed by atoms with van der Waals surface area (Å²) in [7, 11) is 18.6. The minimum Gasteiger partial charge on any atom is -0.497 e. The molecule has 0 spiro atoms. The van der Waals surface area contributed by atoms with Gasteiger partial charge in [-0.05, 0) is 72.8 Å². The van der Waals surface area contributed by atoms with Crippen molar-refractivity contribution in [2.24, 2.45) is 0 Å². The topological polar surface area (TPSA) is 55.4 Å². The molecule has 0 N–H and O–H groups in total. The van der Waals surface area contributed by atoms with Crippen LogP contribution in [0.2, 0.25) is 13.6 Å². The predicted molar refractivity (Wildman–Crippen MR) is 243 cm³/mol. The number of nitrogens with zero attached hydrogens (tertiary/aromatic N) is 1. The Morgan fingerprint density at radius 3 is 0.466 bits per heavy atom. The van der Waals surface area contributed by atoms with Crippen LogP contribution in [0.15, 0.2) is 146 Å². The second-order valence-electron chi connectivity index (χ2n) is 15.9. The third-order valence-corrected chi connectivity index (χ3v) is 10.7. The first-order valence-electron chi connectivity index (χ1n) is 19.3. The second kappa shape index (κ2) is 21.5. The van der Waals surface area contributed by atoms with E-state index in [0.29, 0.717) is 0 Å². The molecular formula is C48H60B2LiNO6. The van der Waals surface area contributed by atoms with Crippen molar-refractivity contribution in [3.05, 3.63) is 146 Å². The molecule has 0 saturated carbocycles. The summed E-state index contributed by atoms with van der Waals surface area (Å²) in [5, 5.41) is 0. The number of quaternary nitrogens is 1. The first-order valence-corrected chi connectivity index (χ1v) is 19.3. The van der Waals surface area contributed by atoms with Crippen LogP contribution in [0.5, 0.6) is 34.5 Å². The Kier molecular flexibility index (Phi) is 17.5. The number of hydrogen-bond acceptors (Lipinski definition) is 6. The quantitative estimate of drug-likeness (QED) is 0.141. The van der Waals surface area contributed by atoms with Gasteiger partial charge in [0.15, 0.2) is 0 Å². The van der Waals surface area contributed by atoms with E-state index in [1.54, 1.807) is 42.7 Å². The van der Waals surface area contributed by atoms with Crippen molar-refractivity contribution in [3.63, 3.8) is 0 Å². The van der Waals surface area contributed by atoms with Gasteiger partial charge in [-0.25, -0.2) is 0 Å². The molecule has 0 saturated heterocycles. The van der Waals surface area contributed by atoms with E-state index < -0.39 is 12.3 Å². The van der Waals surface area contributed by atoms with E-state index in [9.17, 15) is 0 Å². The molecule has 0 radical (unpaired) electrons. The molecule has 0 amide bonds. The third-order valence-electron chi connectivity index (χ3n) is 10.7. The minimum absolute atomic E-state index is 0. The Bertz CT molecular complexity index is 1700. The van der Waals surface area contributed by atoms with Gasteiger partial charge in [0.1, 0.15) is 34.5 Å². The molecule has 58 heavy (non-hydrogen) atoms. The molecule has 6 aromatic carbocycles. The maximum absolute atomic E-state index is 5.33. The minimum atomic E-state index is -1.14. The molecular weight excluding hydrogens is 715 g/mol. The standard InChI is InChI=1S/2C22H24BO3.C4H12N.Li/c2*1-23(17-5-11-20(24-2)12-6-17,18-7-13-21(25-3)14-8-18)19-9-15-22(26-4)16-10-19;1-5(2,3)4;/h2*5-16H,1-4H3;1-4H3;/q2*-1;2*+1. The van der Waals surface area contributed by atoms with E-state index in [0.717, 1.165) is 39.0 Å². The number of benzene rings is 6. The fraction of sp³-hybridized carbons (Fsp3) is 0.250. The molecule has 300 valence electrons. The normalized spacial score (nSPS) is 11.0. The Hall–Kier alpha value is -5.19. The van der Waals surface area contributed by atoms with Gasteiger partial charge in [0.2, 0.25) is 0 Å². The predicted octanol–water partition coefficient (Wildman–Crippen LogP) is 2.95. The number of methoxy groups -OCH3 is 6. The van der Waals surface area contributed by atoms with Crippen molar-refractivity contribution in [3.8, 4) is 34.5 Å². The van der Waals surface area contributed by atoms with Crippen molar-refractivity contribution < 1.29 is 51.8 Å². The molecule has 0 atom stereocenters. The summed E-state index contributed by atoms with van der Waals surface area (Å²) in [5.74, 6) is 5.15. The molecule has 0 aliphatic heterocycles. The molecule has 0 aliphatic rings. The van der Waals surface area contributed by atoms with Gasteiger partial charge in [-0.2, -0.15) is 46.4 Å². The maximum atomic E-state index is 5.33. The molecule has 0 aliphatic carbocycles. The summed E-state index contributed by atoms with van der Waals surface area (Å²) in [6.07, 6.45) is -2.28. The third kappa shape index (κ3) is 11.9. The van der Waals surface area contributed by atoms with Gasteiger partial charge in [-0.15, -0.1) is 0 Å². The van der Waals surface area contributed by atoms with Crippen molar-refractivity contribution in [2.75, 3.05) is 70.8 Å². The fourth-order valence-corrected chi connectivity index (χ4v) is 7.09. The summed E-state index contributed by atoms with van der Waals surface area (Å²) in [4.78, 5) is 0. The molecule has 0 heterocycles. The largest absolute Gasteiger partial charge is 1.00 e. The average molecular weight is 776 g/mol. The molecule has 6 rings (SSSR count). The Balaban J connectivity index is 0.000000274. The molecule has 10 heteroatoms. The molecule has 0 unspecified atom stereocenters. The zero-order valence-corrected chi connectivity index (χ0v) is 36.9. The average Bonchev–Trinajstić information content (AvgIpc) is 3.25. The van der Waals surface area contributed by atoms with Gasteiger partial charge in [0.05, 0.1) is 83.1 Å². The van der Waals surface area contributed by atoms with Crippen LogP contribution in [0, 0.1) is 0 Å². The van der Waals surface area contributed by atoms with Crippen molar-refractivity contribution in [2.45, 2.75) is 13.6 Å². The van der Waals surface area contributed by atoms with Crippen LogP contribution < -0.4 is 80.1 Å². The SMILES string of the molecule is COc1ccc([B-](C)(c2ccc(OC)cc2)c2ccc(OC)cc2)cc1.COc1ccc([B-](C)(c2ccc(OC)cc2)c2ccc(OC)cc2)cc1.C[N+](C)(C)C.[Li+]. The van der Waals surface area contributed by atoms with Gasteiger partial charge in [-0.1, -0.05) is 72.8 Å². The number of rotatable bonds is 12. The van der Waals surface area contributed by atoms with E-state index in [4.69, 9.17) is 28.4 Å². The Morgan fingerprint density at radius 2 is 0.379 bits per heavy atom. The maximum Gasteiger partial charge on any atom is 1.00 e. The van der Waals surface area contributed by atoms with E-state index in [1.165, 1.54) is 32.8 Å². The van der Waals surface area contributed by atoms with Crippen molar-refractivity contribution >= 4 is 45.1 Å². The molecule has 0 bridgehead atoms. The Labute approximate surface area is 359 Å². The van der Waals surface area contributed by atoms with Gasteiger partial charge in [0, 0.05) is 0 Å². The van der Waals surface area contributed by atoms with Crippen LogP contribution in [0.3, 0.4) is 0 Å². The molecule has 0 fully saturated rings. The fourth-order valence-electron chi connectivity index (χ4n) is 7.09. The zero-order chi connectivity index (χ0) is 41.6. The van der Waals surface area contributed by atoms with E-state index in [1.807, 2.05) is 72.8 Å². The zero-order valence-electron chi connectivity index (χ0n) is 36.9. The first kappa shape index (κ1) is 47.2. The second-order valence-corrected chi connectivity index (χ2v) is 15.9. The summed E-state index contributed by atoms with van der Waals surface area (Å²) in [6, 6.07) is 49.9. The van der Waals surface area contributed by atoms with E-state index in [2.05, 4.69) is 115 Å². The number of hydrogen-bond donors (Lipinski definition) is 0.